The zero-order valence-electron chi connectivity index (χ0n) is 14.4. The number of amides is 1. The third-order valence-corrected chi connectivity index (χ3v) is 10.1. The molecule has 0 radical (unpaired) electrons. The van der Waals surface area contributed by atoms with E-state index in [9.17, 15) is 4.79 Å². The highest BCUT2D eigenvalue weighted by atomic mass is 127. The average Bonchev–Trinajstić information content (AvgIpc) is 2.86. The first-order valence-electron chi connectivity index (χ1n) is 9.26. The monoisotopic (exact) mass is 569 g/mol. The van der Waals surface area contributed by atoms with Crippen LogP contribution in [0.3, 0.4) is 0 Å². The molecule has 0 aromatic heterocycles. The zero-order valence-corrected chi connectivity index (χ0v) is 19.7. The number of hydrogen-bond acceptors (Lipinski definition) is 1. The predicted molar refractivity (Wildman–Crippen MR) is 114 cm³/mol. The predicted octanol–water partition coefficient (Wildman–Crippen LogP) is 5.92. The Kier molecular flexibility index (Phi) is 4.73. The lowest BCUT2D eigenvalue weighted by atomic mass is 9.47. The van der Waals surface area contributed by atoms with Crippen LogP contribution in [-0.2, 0) is 4.79 Å². The van der Waals surface area contributed by atoms with Gasteiger partial charge in [0.05, 0.1) is 7.32 Å². The fraction of sp³-hybridized carbons (Fsp3) is 0.842. The van der Waals surface area contributed by atoms with Crippen LogP contribution in [0.25, 0.3) is 0 Å². The number of allylic oxidation sites excluding steroid dienone is 1. The number of nitrogens with one attached hydrogen (secondary N) is 1. The zero-order chi connectivity index (χ0) is 17.3. The minimum Gasteiger partial charge on any atom is -0.352 e. The van der Waals surface area contributed by atoms with E-state index in [-0.39, 0.29) is 9.83 Å². The molecule has 24 heavy (non-hydrogen) atoms. The summed E-state index contributed by atoms with van der Waals surface area (Å²) < 4.78 is 1.35. The molecule has 1 amide bonds. The van der Waals surface area contributed by atoms with Crippen LogP contribution >= 0.6 is 54.5 Å². The number of piperidine rings is 1. The summed E-state index contributed by atoms with van der Waals surface area (Å²) in [6.07, 6.45) is 8.74. The van der Waals surface area contributed by atoms with Gasteiger partial charge in [-0.1, -0.05) is 36.4 Å². The maximum Gasteiger partial charge on any atom is 0.233 e. The van der Waals surface area contributed by atoms with Crippen LogP contribution in [0.15, 0.2) is 8.96 Å². The van der Waals surface area contributed by atoms with E-state index in [1.54, 1.807) is 5.57 Å². The second kappa shape index (κ2) is 6.22. The number of hydrogen-bond donors (Lipinski definition) is 1. The fourth-order valence-corrected chi connectivity index (χ4v) is 9.28. The standard InChI is InChI=1S/C19H26Br2INO/c1-18-8-7-12-10(11(18)4-5-13(18)16(20)21)3-6-15-19(12,2)9-14(22)17(24)23-15/h10-12,14-15H,3-9H2,1-2H3,(H,23,24)/t10-,11-,12-,14?,15+,18-,19+/m0/s1. The summed E-state index contributed by atoms with van der Waals surface area (Å²) in [6.45, 7) is 4.99. The van der Waals surface area contributed by atoms with Crippen molar-refractivity contribution in [1.82, 2.24) is 5.32 Å². The molecule has 4 rings (SSSR count). The van der Waals surface area contributed by atoms with Crippen LogP contribution < -0.4 is 5.32 Å². The fourth-order valence-electron chi connectivity index (χ4n) is 6.85. The van der Waals surface area contributed by atoms with Crippen LogP contribution in [0, 0.1) is 28.6 Å². The van der Waals surface area contributed by atoms with Crippen molar-refractivity contribution in [2.24, 2.45) is 28.6 Å². The topological polar surface area (TPSA) is 29.1 Å². The Balaban J connectivity index is 1.66. The van der Waals surface area contributed by atoms with Gasteiger partial charge < -0.3 is 5.32 Å². The quantitative estimate of drug-likeness (QED) is 0.284. The van der Waals surface area contributed by atoms with Gasteiger partial charge in [0.25, 0.3) is 0 Å². The highest BCUT2D eigenvalue weighted by Crippen LogP contribution is 2.66. The number of halogens is 3. The van der Waals surface area contributed by atoms with E-state index in [0.717, 1.165) is 24.2 Å². The van der Waals surface area contributed by atoms with Crippen molar-refractivity contribution < 1.29 is 4.79 Å². The number of carbonyl (C=O) groups excluding carboxylic acids is 1. The van der Waals surface area contributed by atoms with Crippen molar-refractivity contribution >= 4 is 60.4 Å². The van der Waals surface area contributed by atoms with Gasteiger partial charge in [0.2, 0.25) is 5.91 Å². The molecule has 0 spiro atoms. The minimum absolute atomic E-state index is 0.145. The number of alkyl halides is 1. The van der Waals surface area contributed by atoms with E-state index < -0.39 is 0 Å². The summed E-state index contributed by atoms with van der Waals surface area (Å²) in [7, 11) is 0. The molecule has 7 atom stereocenters. The lowest BCUT2D eigenvalue weighted by Crippen LogP contribution is -2.63. The Morgan fingerprint density at radius 2 is 1.92 bits per heavy atom. The summed E-state index contributed by atoms with van der Waals surface area (Å²) in [5.74, 6) is 2.70. The molecular formula is C19H26Br2INO. The number of rotatable bonds is 0. The maximum atomic E-state index is 12.2. The number of fused-ring (bicyclic) bond motifs is 5. The summed E-state index contributed by atoms with van der Waals surface area (Å²) >= 11 is 9.79. The molecule has 4 aliphatic rings. The van der Waals surface area contributed by atoms with Crippen LogP contribution in [0.2, 0.25) is 0 Å². The third-order valence-electron chi connectivity index (χ3n) is 8.10. The Morgan fingerprint density at radius 3 is 2.62 bits per heavy atom. The lowest BCUT2D eigenvalue weighted by molar-refractivity contribution is -0.133. The molecule has 0 bridgehead atoms. The smallest absolute Gasteiger partial charge is 0.233 e. The van der Waals surface area contributed by atoms with Crippen molar-refractivity contribution in [3.05, 3.63) is 8.96 Å². The maximum absolute atomic E-state index is 12.2. The van der Waals surface area contributed by atoms with Gasteiger partial charge in [-0.05, 0) is 111 Å². The van der Waals surface area contributed by atoms with Gasteiger partial charge in [0, 0.05) is 6.04 Å². The van der Waals surface area contributed by atoms with Gasteiger partial charge in [-0.15, -0.1) is 0 Å². The van der Waals surface area contributed by atoms with E-state index in [4.69, 9.17) is 0 Å². The molecule has 4 fully saturated rings. The highest BCUT2D eigenvalue weighted by molar-refractivity contribution is 14.1. The van der Waals surface area contributed by atoms with Crippen molar-refractivity contribution in [1.29, 1.82) is 0 Å². The Hall–Kier alpha value is 0.900. The molecule has 1 aliphatic heterocycles. The summed E-state index contributed by atoms with van der Waals surface area (Å²) in [5.41, 5.74) is 2.28. The minimum atomic E-state index is 0.145. The second-order valence-corrected chi connectivity index (χ2v) is 13.1. The lowest BCUT2D eigenvalue weighted by Gasteiger charge is -2.60. The van der Waals surface area contributed by atoms with E-state index in [1.807, 2.05) is 0 Å². The molecule has 0 aromatic carbocycles. The van der Waals surface area contributed by atoms with Crippen molar-refractivity contribution in [3.8, 4) is 0 Å². The van der Waals surface area contributed by atoms with E-state index in [2.05, 4.69) is 73.6 Å². The third kappa shape index (κ3) is 2.53. The molecule has 1 N–H and O–H groups in total. The van der Waals surface area contributed by atoms with Crippen LogP contribution in [0.4, 0.5) is 0 Å². The number of carbonyl (C=O) groups is 1. The first kappa shape index (κ1) is 18.3. The molecule has 134 valence electrons. The van der Waals surface area contributed by atoms with Gasteiger partial charge in [0.1, 0.15) is 0 Å². The van der Waals surface area contributed by atoms with Crippen LogP contribution in [0.5, 0.6) is 0 Å². The van der Waals surface area contributed by atoms with Crippen LogP contribution in [0.1, 0.15) is 58.8 Å². The highest BCUT2D eigenvalue weighted by Gasteiger charge is 2.60. The Bertz CT molecular complexity index is 604. The molecule has 3 aliphatic carbocycles. The van der Waals surface area contributed by atoms with Gasteiger partial charge >= 0.3 is 0 Å². The van der Waals surface area contributed by atoms with Gasteiger partial charge in [-0.3, -0.25) is 4.79 Å². The second-order valence-electron chi connectivity index (χ2n) is 8.93. The Morgan fingerprint density at radius 1 is 1.17 bits per heavy atom. The molecule has 0 aromatic rings. The van der Waals surface area contributed by atoms with E-state index in [1.165, 1.54) is 41.9 Å². The van der Waals surface area contributed by atoms with E-state index >= 15 is 0 Å². The SMILES string of the molecule is C[C@]12CC(I)C(=O)N[C@@H]1CC[C@@H]1[C@@H]2CC[C@]2(C)C(=C(Br)Br)CC[C@@H]12. The first-order valence-corrected chi connectivity index (χ1v) is 12.1. The molecule has 5 heteroatoms. The van der Waals surface area contributed by atoms with Crippen LogP contribution in [-0.4, -0.2) is 15.9 Å². The van der Waals surface area contributed by atoms with Gasteiger partial charge in [-0.25, -0.2) is 0 Å². The van der Waals surface area contributed by atoms with Crippen molar-refractivity contribution in [3.63, 3.8) is 0 Å². The van der Waals surface area contributed by atoms with Gasteiger partial charge in [0.15, 0.2) is 0 Å². The molecule has 3 saturated carbocycles. The molecule has 1 saturated heterocycles. The summed E-state index contributed by atoms with van der Waals surface area (Å²) in [6, 6.07) is 0.404. The largest absolute Gasteiger partial charge is 0.352 e. The summed E-state index contributed by atoms with van der Waals surface area (Å²) in [4.78, 5) is 12.2. The molecular weight excluding hydrogens is 545 g/mol. The van der Waals surface area contributed by atoms with E-state index in [0.29, 0.717) is 16.9 Å². The summed E-state index contributed by atoms with van der Waals surface area (Å²) in [5, 5.41) is 3.37. The molecule has 2 nitrogen and oxygen atoms in total. The van der Waals surface area contributed by atoms with Crippen molar-refractivity contribution in [2.75, 3.05) is 0 Å². The molecule has 1 unspecified atom stereocenters. The average molecular weight is 571 g/mol. The normalized spacial score (nSPS) is 50.6. The molecule has 1 heterocycles. The first-order chi connectivity index (χ1) is 11.3. The Labute approximate surface area is 175 Å². The van der Waals surface area contributed by atoms with Gasteiger partial charge in [-0.2, -0.15) is 0 Å². The van der Waals surface area contributed by atoms with Crippen molar-refractivity contribution in [2.45, 2.75) is 68.8 Å².